The number of hydrogen-bond acceptors (Lipinski definition) is 8. The minimum absolute atomic E-state index is 0.0583. The number of aromatic nitrogens is 6. The monoisotopic (exact) mass is 1750 g/mol. The molecule has 8 aromatic heterocycles. The molecule has 10 nitrogen and oxygen atoms in total. The Hall–Kier alpha value is -17.0. The summed E-state index contributed by atoms with van der Waals surface area (Å²) in [4.78, 5) is 6.92. The van der Waals surface area contributed by atoms with Gasteiger partial charge in [-0.2, -0.15) is 0 Å². The van der Waals surface area contributed by atoms with E-state index in [1.165, 1.54) is 147 Å². The van der Waals surface area contributed by atoms with Crippen molar-refractivity contribution in [1.82, 2.24) is 28.8 Å². The van der Waals surface area contributed by atoms with Crippen LogP contribution in [0, 0.1) is 0 Å². The number of fused-ring (bicyclic) bond motifs is 28. The molecule has 25 aromatic rings. The smallest absolute Gasteiger partial charge is 0.160 e. The highest BCUT2D eigenvalue weighted by Gasteiger charge is 2.52. The number of nitrogens with zero attached hydrogens (tertiary/aromatic N) is 9. The van der Waals surface area contributed by atoms with Gasteiger partial charge in [-0.1, -0.05) is 337 Å². The van der Waals surface area contributed by atoms with Crippen LogP contribution in [0.1, 0.15) is 72.2 Å². The van der Waals surface area contributed by atoms with Crippen LogP contribution in [0.15, 0.2) is 448 Å². The minimum Gasteiger partial charge on any atom is -0.454 e. The Kier molecular flexibility index (Phi) is 17.3. The molecule has 0 unspecified atom stereocenters. The largest absolute Gasteiger partial charge is 0.454 e. The fourth-order valence-electron chi connectivity index (χ4n) is 22.7. The van der Waals surface area contributed by atoms with Crippen molar-refractivity contribution >= 4 is 154 Å². The van der Waals surface area contributed by atoms with Gasteiger partial charge in [0.05, 0.1) is 33.3 Å². The topological polar surface area (TPSA) is 74.8 Å². The van der Waals surface area contributed by atoms with E-state index in [4.69, 9.17) is 19.7 Å². The van der Waals surface area contributed by atoms with Crippen LogP contribution in [-0.2, 0) is 16.2 Å². The number of pyridine rings is 3. The van der Waals surface area contributed by atoms with Crippen molar-refractivity contribution in [2.45, 2.75) is 43.9 Å². The van der Waals surface area contributed by atoms with Gasteiger partial charge in [-0.05, 0) is 208 Å². The van der Waals surface area contributed by atoms with Crippen molar-refractivity contribution in [3.05, 3.63) is 488 Å². The highest BCUT2D eigenvalue weighted by atomic mass is 32.1. The van der Waals surface area contributed by atoms with Gasteiger partial charge in [0.25, 0.3) is 0 Å². The third kappa shape index (κ3) is 12.1. The zero-order valence-electron chi connectivity index (χ0n) is 74.5. The predicted octanol–water partition coefficient (Wildman–Crippen LogP) is 32.8. The molecule has 0 saturated heterocycles. The van der Waals surface area contributed by atoms with Crippen molar-refractivity contribution in [1.29, 1.82) is 0 Å². The maximum Gasteiger partial charge on any atom is 0.160 e. The normalized spacial score (nSPS) is 13.5. The third-order valence-electron chi connectivity index (χ3n) is 29.0. The SMILES string of the molecule is CC1(C)c2ccccc2-c2c(N(c3cccc(-c4ccccc4)c3)c3cc4cc5ccccc5cn4n3)cccc21.CC1(C)c2ccccc2-c2cc(N(c3cc4cc5ccccc5cn4n3)c3cccc4c3oc3ccccc34)ccc21.c1ccc2c(c1)-c1ccccc1C21c2ccccc2-c2cc(N(c3ccc4sc5ccccc5c4c3)c3cc4cc5ccccc5cn4n3)ccc21. The van der Waals surface area contributed by atoms with Gasteiger partial charge in [-0.15, -0.1) is 26.6 Å². The molecule has 17 aromatic carbocycles. The molecule has 0 fully saturated rings. The number of thiophene rings is 1. The minimum atomic E-state index is -0.375. The van der Waals surface area contributed by atoms with Gasteiger partial charge >= 0.3 is 0 Å². The van der Waals surface area contributed by atoms with Crippen LogP contribution in [0.25, 0.3) is 147 Å². The second kappa shape index (κ2) is 30.0. The summed E-state index contributed by atoms with van der Waals surface area (Å²) in [5.74, 6) is 2.61. The van der Waals surface area contributed by atoms with Gasteiger partial charge in [0, 0.05) is 123 Å². The molecule has 4 aliphatic carbocycles. The maximum absolute atomic E-state index is 6.55. The number of anilines is 9. The van der Waals surface area contributed by atoms with Crippen molar-refractivity contribution in [2.75, 3.05) is 14.7 Å². The van der Waals surface area contributed by atoms with E-state index in [1.807, 2.05) is 37.0 Å². The molecule has 0 atom stereocenters. The van der Waals surface area contributed by atoms with Gasteiger partial charge in [0.15, 0.2) is 23.0 Å². The Bertz CT molecular complexity index is 9020. The number of rotatable bonds is 10. The summed E-state index contributed by atoms with van der Waals surface area (Å²) in [6, 6.07) is 154. The molecule has 1 spiro atoms. The van der Waals surface area contributed by atoms with Crippen LogP contribution in [0.2, 0.25) is 0 Å². The maximum atomic E-state index is 6.55. The number of para-hydroxylation sites is 2. The second-order valence-electron chi connectivity index (χ2n) is 37.2. The van der Waals surface area contributed by atoms with Crippen molar-refractivity contribution in [2.24, 2.45) is 0 Å². The molecule has 11 heteroatoms. The van der Waals surface area contributed by atoms with Gasteiger partial charge in [0.2, 0.25) is 0 Å². The molecule has 0 amide bonds. The van der Waals surface area contributed by atoms with E-state index in [0.717, 1.165) is 95.5 Å². The van der Waals surface area contributed by atoms with Crippen molar-refractivity contribution < 1.29 is 4.42 Å². The molecule has 0 aliphatic heterocycles. The zero-order chi connectivity index (χ0) is 89.5. The molecule has 0 saturated carbocycles. The summed E-state index contributed by atoms with van der Waals surface area (Å²) >= 11 is 1.85. The van der Waals surface area contributed by atoms with Gasteiger partial charge in [-0.25, -0.2) is 13.5 Å². The van der Waals surface area contributed by atoms with E-state index in [2.05, 4.69) is 473 Å². The molecule has 8 heterocycles. The van der Waals surface area contributed by atoms with Crippen LogP contribution in [0.3, 0.4) is 0 Å². The summed E-state index contributed by atoms with van der Waals surface area (Å²) in [5.41, 5.74) is 34.2. The first-order chi connectivity index (χ1) is 66.4. The lowest BCUT2D eigenvalue weighted by Crippen LogP contribution is -2.25. The van der Waals surface area contributed by atoms with Crippen LogP contribution in [0.4, 0.5) is 51.6 Å². The van der Waals surface area contributed by atoms with E-state index in [9.17, 15) is 0 Å². The summed E-state index contributed by atoms with van der Waals surface area (Å²) in [6.45, 7) is 9.30. The van der Waals surface area contributed by atoms with Gasteiger partial charge in [-0.3, -0.25) is 14.7 Å². The van der Waals surface area contributed by atoms with Crippen LogP contribution < -0.4 is 14.7 Å². The van der Waals surface area contributed by atoms with Crippen molar-refractivity contribution in [3.8, 4) is 55.6 Å². The van der Waals surface area contributed by atoms with E-state index in [-0.39, 0.29) is 16.2 Å². The zero-order valence-corrected chi connectivity index (χ0v) is 75.3. The summed E-state index contributed by atoms with van der Waals surface area (Å²) < 4.78 is 15.1. The van der Waals surface area contributed by atoms with E-state index < -0.39 is 0 Å². The Morgan fingerprint density at radius 2 is 0.637 bits per heavy atom. The Labute approximate surface area is 783 Å². The molecule has 29 rings (SSSR count). The van der Waals surface area contributed by atoms with Gasteiger partial charge in [0.1, 0.15) is 5.58 Å². The first-order valence-corrected chi connectivity index (χ1v) is 47.1. The lowest BCUT2D eigenvalue weighted by molar-refractivity contribution is 0.660. The van der Waals surface area contributed by atoms with Crippen LogP contribution in [-0.4, -0.2) is 28.8 Å². The predicted molar refractivity (Wildman–Crippen MR) is 559 cm³/mol. The Morgan fingerprint density at radius 3 is 1.25 bits per heavy atom. The first-order valence-electron chi connectivity index (χ1n) is 46.3. The molecular weight excluding hydrogens is 1660 g/mol. The van der Waals surface area contributed by atoms with E-state index >= 15 is 0 Å². The summed E-state index contributed by atoms with van der Waals surface area (Å²) in [7, 11) is 0. The molecular formula is C124H85N9OS. The number of furan rings is 1. The fourth-order valence-corrected chi connectivity index (χ4v) is 23.8. The third-order valence-corrected chi connectivity index (χ3v) is 30.1. The molecule has 0 radical (unpaired) electrons. The highest BCUT2D eigenvalue weighted by molar-refractivity contribution is 7.25. The summed E-state index contributed by atoms with van der Waals surface area (Å²) in [6.07, 6.45) is 6.37. The number of benzene rings is 17. The fraction of sp³-hybridized carbons (Fsp3) is 0.0565. The quantitative estimate of drug-likeness (QED) is 0.135. The summed E-state index contributed by atoms with van der Waals surface area (Å²) in [5, 5.41) is 27.4. The molecule has 0 N–H and O–H groups in total. The Morgan fingerprint density at radius 1 is 0.252 bits per heavy atom. The van der Waals surface area contributed by atoms with E-state index in [1.54, 1.807) is 0 Å². The lowest BCUT2D eigenvalue weighted by Gasteiger charge is -2.31. The lowest BCUT2D eigenvalue weighted by atomic mass is 9.70. The first kappa shape index (κ1) is 77.9. The standard InChI is InChI=1S/C48H29N3S.C38H27N3O.C38H29N3/c1-2-12-31-29-50-34(25-30(31)11-1)28-47(49-50)51(33-22-24-46-40(27-33)38-16-6-10-20-45(38)52-46)32-21-23-44-39(26-32)37-15-5-9-19-43(37)48(44)41-17-7-3-13-35(41)36-14-4-8-18-42(36)48;1-38(2)32-15-7-5-12-28(32)31-21-26(18-19-33(31)38)41(34-16-9-14-30-29-13-6-8-17-35(29)42-37(30)34)36-22-27-20-24-10-3-4-11-25(24)23-40(27)39-36;1-38(2)33-19-9-8-18-32(33)37-34(38)20-11-21-35(37)41(30-17-10-16-27(22-30)26-12-4-3-5-13-26)36-24-31-23-28-14-6-7-15-29(28)25-40(31)39-36/h1-29H;3-23H,1-2H3;3-25H,1-2H3. The van der Waals surface area contributed by atoms with Crippen LogP contribution >= 0.6 is 11.3 Å². The van der Waals surface area contributed by atoms with Crippen molar-refractivity contribution in [3.63, 3.8) is 0 Å². The molecule has 638 valence electrons. The van der Waals surface area contributed by atoms with Gasteiger partial charge < -0.3 is 4.42 Å². The second-order valence-corrected chi connectivity index (χ2v) is 38.2. The van der Waals surface area contributed by atoms with E-state index in [0.29, 0.717) is 0 Å². The molecule has 4 aliphatic rings. The average molecular weight is 1750 g/mol. The number of hydrogen-bond donors (Lipinski definition) is 0. The highest BCUT2D eigenvalue weighted by Crippen LogP contribution is 2.64. The Balaban J connectivity index is 0.000000104. The molecule has 0 bridgehead atoms. The average Bonchev–Trinajstić information content (AvgIpc) is 1.50. The van der Waals surface area contributed by atoms with Crippen LogP contribution in [0.5, 0.6) is 0 Å². The molecule has 135 heavy (non-hydrogen) atoms.